The molecule has 1 saturated heterocycles. The molecule has 100 valence electrons. The predicted molar refractivity (Wildman–Crippen MR) is 78.1 cm³/mol. The van der Waals surface area contributed by atoms with Gasteiger partial charge in [0, 0.05) is 43.8 Å². The maximum atomic E-state index is 5.42. The molecule has 0 amide bonds. The summed E-state index contributed by atoms with van der Waals surface area (Å²) in [6, 6.07) is 6.31. The van der Waals surface area contributed by atoms with Crippen molar-refractivity contribution in [1.82, 2.24) is 10.3 Å². The molecule has 1 N–H and O–H groups in total. The number of anilines is 1. The van der Waals surface area contributed by atoms with Crippen LogP contribution in [0.5, 0.6) is 5.75 Å². The van der Waals surface area contributed by atoms with Gasteiger partial charge >= 0.3 is 0 Å². The van der Waals surface area contributed by atoms with Crippen LogP contribution >= 0.6 is 0 Å². The van der Waals surface area contributed by atoms with Gasteiger partial charge in [-0.2, -0.15) is 0 Å². The molecule has 0 saturated carbocycles. The second-order valence-electron chi connectivity index (χ2n) is 4.97. The summed E-state index contributed by atoms with van der Waals surface area (Å²) in [6.45, 7) is 6.13. The number of rotatable bonds is 2. The molecule has 4 nitrogen and oxygen atoms in total. The molecule has 19 heavy (non-hydrogen) atoms. The van der Waals surface area contributed by atoms with Gasteiger partial charge in [0.15, 0.2) is 0 Å². The number of methoxy groups -OCH3 is 1. The van der Waals surface area contributed by atoms with E-state index in [0.29, 0.717) is 0 Å². The molecule has 1 aromatic heterocycles. The lowest BCUT2D eigenvalue weighted by Crippen LogP contribution is -2.43. The average Bonchev–Trinajstić information content (AvgIpc) is 2.46. The SMILES string of the molecule is COc1cc(N2CCNCC2)c2ncc(C)cc2c1. The fourth-order valence-electron chi connectivity index (χ4n) is 2.58. The predicted octanol–water partition coefficient (Wildman–Crippen LogP) is 1.96. The second-order valence-corrected chi connectivity index (χ2v) is 4.97. The number of aryl methyl sites for hydroxylation is 1. The fourth-order valence-corrected chi connectivity index (χ4v) is 2.58. The van der Waals surface area contributed by atoms with Gasteiger partial charge in [0.25, 0.3) is 0 Å². The summed E-state index contributed by atoms with van der Waals surface area (Å²) in [7, 11) is 1.71. The van der Waals surface area contributed by atoms with Gasteiger partial charge in [-0.15, -0.1) is 0 Å². The molecule has 0 bridgehead atoms. The molecule has 0 aliphatic carbocycles. The second kappa shape index (κ2) is 5.05. The van der Waals surface area contributed by atoms with Gasteiger partial charge in [-0.05, 0) is 24.6 Å². The first-order valence-corrected chi connectivity index (χ1v) is 6.68. The Kier molecular flexibility index (Phi) is 3.25. The number of benzene rings is 1. The minimum atomic E-state index is 0.897. The lowest BCUT2D eigenvalue weighted by Gasteiger charge is -2.30. The average molecular weight is 257 g/mol. The standard InChI is InChI=1S/C15H19N3O/c1-11-7-12-8-13(19-2)9-14(15(12)17-10-11)18-5-3-16-4-6-18/h7-10,16H,3-6H2,1-2H3. The normalized spacial score (nSPS) is 15.8. The van der Waals surface area contributed by atoms with Crippen LogP contribution in [0.2, 0.25) is 0 Å². The Labute approximate surface area is 113 Å². The molecule has 2 aromatic rings. The molecule has 1 fully saturated rings. The Morgan fingerprint density at radius 3 is 2.74 bits per heavy atom. The van der Waals surface area contributed by atoms with Crippen molar-refractivity contribution >= 4 is 16.6 Å². The molecule has 1 aliphatic rings. The van der Waals surface area contributed by atoms with E-state index in [4.69, 9.17) is 4.74 Å². The number of nitrogens with zero attached hydrogens (tertiary/aromatic N) is 2. The highest BCUT2D eigenvalue weighted by Crippen LogP contribution is 2.31. The summed E-state index contributed by atoms with van der Waals surface area (Å²) in [4.78, 5) is 6.99. The number of ether oxygens (including phenoxy) is 1. The van der Waals surface area contributed by atoms with Crippen molar-refractivity contribution in [3.63, 3.8) is 0 Å². The van der Waals surface area contributed by atoms with Crippen LogP contribution < -0.4 is 15.0 Å². The summed E-state index contributed by atoms with van der Waals surface area (Å²) < 4.78 is 5.42. The van der Waals surface area contributed by atoms with Gasteiger partial charge < -0.3 is 15.0 Å². The zero-order valence-corrected chi connectivity index (χ0v) is 11.4. The van der Waals surface area contributed by atoms with Crippen molar-refractivity contribution in [3.05, 3.63) is 30.0 Å². The van der Waals surface area contributed by atoms with Crippen molar-refractivity contribution in [2.24, 2.45) is 0 Å². The number of pyridine rings is 1. The number of nitrogens with one attached hydrogen (secondary N) is 1. The van der Waals surface area contributed by atoms with Crippen molar-refractivity contribution in [1.29, 1.82) is 0 Å². The van der Waals surface area contributed by atoms with E-state index in [2.05, 4.69) is 40.3 Å². The first-order chi connectivity index (χ1) is 9.28. The molecule has 0 spiro atoms. The van der Waals surface area contributed by atoms with E-state index in [1.165, 1.54) is 11.3 Å². The minimum absolute atomic E-state index is 0.897. The largest absolute Gasteiger partial charge is 0.497 e. The summed E-state index contributed by atoms with van der Waals surface area (Å²) in [5, 5.41) is 4.52. The zero-order valence-electron chi connectivity index (χ0n) is 11.4. The number of aromatic nitrogens is 1. The summed E-state index contributed by atoms with van der Waals surface area (Å²) in [6.07, 6.45) is 1.93. The van der Waals surface area contributed by atoms with Crippen molar-refractivity contribution < 1.29 is 4.74 Å². The molecule has 1 aromatic carbocycles. The third-order valence-corrected chi connectivity index (χ3v) is 3.57. The summed E-state index contributed by atoms with van der Waals surface area (Å²) in [5.74, 6) is 0.897. The van der Waals surface area contributed by atoms with Gasteiger partial charge in [0.2, 0.25) is 0 Å². The zero-order chi connectivity index (χ0) is 13.2. The van der Waals surface area contributed by atoms with Crippen LogP contribution in [-0.2, 0) is 0 Å². The molecule has 2 heterocycles. The van der Waals surface area contributed by atoms with Gasteiger partial charge in [-0.3, -0.25) is 4.98 Å². The van der Waals surface area contributed by atoms with E-state index in [-0.39, 0.29) is 0 Å². The molecule has 0 radical (unpaired) electrons. The van der Waals surface area contributed by atoms with Gasteiger partial charge in [0.1, 0.15) is 5.75 Å². The van der Waals surface area contributed by atoms with Gasteiger partial charge in [-0.25, -0.2) is 0 Å². The van der Waals surface area contributed by atoms with E-state index in [1.807, 2.05) is 6.20 Å². The quantitative estimate of drug-likeness (QED) is 0.892. The highest BCUT2D eigenvalue weighted by Gasteiger charge is 2.15. The first kappa shape index (κ1) is 12.2. The van der Waals surface area contributed by atoms with Crippen LogP contribution in [0.25, 0.3) is 10.9 Å². The number of hydrogen-bond acceptors (Lipinski definition) is 4. The van der Waals surface area contributed by atoms with Gasteiger partial charge in [0.05, 0.1) is 18.3 Å². The smallest absolute Gasteiger partial charge is 0.121 e. The third-order valence-electron chi connectivity index (χ3n) is 3.57. The molecule has 3 rings (SSSR count). The summed E-state index contributed by atoms with van der Waals surface area (Å²) in [5.41, 5.74) is 3.41. The maximum Gasteiger partial charge on any atom is 0.121 e. The van der Waals surface area contributed by atoms with Crippen LogP contribution in [-0.4, -0.2) is 38.3 Å². The highest BCUT2D eigenvalue weighted by atomic mass is 16.5. The molecule has 0 atom stereocenters. The lowest BCUT2D eigenvalue weighted by molar-refractivity contribution is 0.415. The molecular weight excluding hydrogens is 238 g/mol. The third kappa shape index (κ3) is 2.36. The van der Waals surface area contributed by atoms with Crippen molar-refractivity contribution in [2.75, 3.05) is 38.2 Å². The van der Waals surface area contributed by atoms with E-state index in [0.717, 1.165) is 42.8 Å². The Morgan fingerprint density at radius 1 is 1.21 bits per heavy atom. The van der Waals surface area contributed by atoms with Gasteiger partial charge in [-0.1, -0.05) is 0 Å². The summed E-state index contributed by atoms with van der Waals surface area (Å²) >= 11 is 0. The number of fused-ring (bicyclic) bond motifs is 1. The Bertz CT molecular complexity index is 591. The van der Waals surface area contributed by atoms with E-state index in [9.17, 15) is 0 Å². The van der Waals surface area contributed by atoms with Crippen molar-refractivity contribution in [3.8, 4) is 5.75 Å². The molecule has 4 heteroatoms. The lowest BCUT2D eigenvalue weighted by atomic mass is 10.1. The number of piperazine rings is 1. The highest BCUT2D eigenvalue weighted by molar-refractivity contribution is 5.92. The van der Waals surface area contributed by atoms with Crippen LogP contribution in [0.3, 0.4) is 0 Å². The van der Waals surface area contributed by atoms with E-state index in [1.54, 1.807) is 7.11 Å². The molecular formula is C15H19N3O. The van der Waals surface area contributed by atoms with Crippen LogP contribution in [0.1, 0.15) is 5.56 Å². The van der Waals surface area contributed by atoms with Crippen LogP contribution in [0.4, 0.5) is 5.69 Å². The Morgan fingerprint density at radius 2 is 2.00 bits per heavy atom. The maximum absolute atomic E-state index is 5.42. The minimum Gasteiger partial charge on any atom is -0.497 e. The Hall–Kier alpha value is -1.81. The number of hydrogen-bond donors (Lipinski definition) is 1. The van der Waals surface area contributed by atoms with Crippen molar-refractivity contribution in [2.45, 2.75) is 6.92 Å². The van der Waals surface area contributed by atoms with E-state index >= 15 is 0 Å². The molecule has 0 unspecified atom stereocenters. The fraction of sp³-hybridized carbons (Fsp3) is 0.400. The monoisotopic (exact) mass is 257 g/mol. The topological polar surface area (TPSA) is 37.4 Å². The molecule has 1 aliphatic heterocycles. The van der Waals surface area contributed by atoms with Crippen LogP contribution in [0.15, 0.2) is 24.4 Å². The van der Waals surface area contributed by atoms with Crippen LogP contribution in [0, 0.1) is 6.92 Å². The Balaban J connectivity index is 2.14. The van der Waals surface area contributed by atoms with E-state index < -0.39 is 0 Å². The first-order valence-electron chi connectivity index (χ1n) is 6.68.